The third-order valence-corrected chi connectivity index (χ3v) is 3.95. The molecule has 0 radical (unpaired) electrons. The maximum absolute atomic E-state index is 5.23. The van der Waals surface area contributed by atoms with E-state index in [0.717, 1.165) is 31.8 Å². The zero-order valence-electron chi connectivity index (χ0n) is 13.8. The molecule has 0 aliphatic rings. The molecule has 2 aromatic rings. The maximum atomic E-state index is 5.23. The molecule has 0 spiro atoms. The van der Waals surface area contributed by atoms with Crippen molar-refractivity contribution in [3.8, 4) is 5.75 Å². The van der Waals surface area contributed by atoms with Crippen molar-refractivity contribution >= 4 is 0 Å². The number of nitrogens with zero attached hydrogens (tertiary/aromatic N) is 1. The first-order valence-corrected chi connectivity index (χ1v) is 8.21. The molecule has 0 heterocycles. The molecule has 0 N–H and O–H groups in total. The summed E-state index contributed by atoms with van der Waals surface area (Å²) < 4.78 is 5.23. The summed E-state index contributed by atoms with van der Waals surface area (Å²) >= 11 is 0. The van der Waals surface area contributed by atoms with Crippen LogP contribution in [-0.2, 0) is 13.0 Å². The minimum Gasteiger partial charge on any atom is -0.497 e. The molecule has 2 heteroatoms. The van der Waals surface area contributed by atoms with Gasteiger partial charge in [0.1, 0.15) is 5.75 Å². The number of hydrogen-bond acceptors (Lipinski definition) is 2. The highest BCUT2D eigenvalue weighted by atomic mass is 16.5. The first-order chi connectivity index (χ1) is 10.8. The van der Waals surface area contributed by atoms with Gasteiger partial charge in [0.15, 0.2) is 0 Å². The van der Waals surface area contributed by atoms with Crippen LogP contribution < -0.4 is 4.74 Å². The van der Waals surface area contributed by atoms with Crippen LogP contribution in [0.15, 0.2) is 54.6 Å². The molecule has 0 aromatic heterocycles. The highest BCUT2D eigenvalue weighted by Gasteiger charge is 2.06. The van der Waals surface area contributed by atoms with Gasteiger partial charge in [0.25, 0.3) is 0 Å². The second-order valence-corrected chi connectivity index (χ2v) is 5.71. The van der Waals surface area contributed by atoms with Crippen molar-refractivity contribution < 1.29 is 4.74 Å². The molecule has 22 heavy (non-hydrogen) atoms. The van der Waals surface area contributed by atoms with E-state index in [4.69, 9.17) is 4.74 Å². The fraction of sp³-hybridized carbons (Fsp3) is 0.400. The van der Waals surface area contributed by atoms with Crippen LogP contribution in [0, 0.1) is 0 Å². The zero-order valence-corrected chi connectivity index (χ0v) is 13.8. The Hall–Kier alpha value is -1.80. The summed E-state index contributed by atoms with van der Waals surface area (Å²) in [6, 6.07) is 19.2. The van der Waals surface area contributed by atoms with Crippen molar-refractivity contribution in [2.24, 2.45) is 0 Å². The Kier molecular flexibility index (Phi) is 6.98. The van der Waals surface area contributed by atoms with E-state index in [-0.39, 0.29) is 0 Å². The number of rotatable bonds is 9. The molecule has 0 saturated heterocycles. The Morgan fingerprint density at radius 1 is 0.864 bits per heavy atom. The molecule has 0 fully saturated rings. The average Bonchev–Trinajstić information content (AvgIpc) is 2.59. The van der Waals surface area contributed by atoms with E-state index in [9.17, 15) is 0 Å². The van der Waals surface area contributed by atoms with Crippen LogP contribution in [0.4, 0.5) is 0 Å². The van der Waals surface area contributed by atoms with E-state index in [1.54, 1.807) is 7.11 Å². The van der Waals surface area contributed by atoms with Crippen LogP contribution in [-0.4, -0.2) is 25.1 Å². The van der Waals surface area contributed by atoms with Gasteiger partial charge in [-0.25, -0.2) is 0 Å². The monoisotopic (exact) mass is 297 g/mol. The van der Waals surface area contributed by atoms with E-state index in [1.807, 2.05) is 12.1 Å². The highest BCUT2D eigenvalue weighted by Crippen LogP contribution is 2.14. The van der Waals surface area contributed by atoms with Crippen LogP contribution in [0.1, 0.15) is 30.9 Å². The fourth-order valence-corrected chi connectivity index (χ4v) is 2.57. The van der Waals surface area contributed by atoms with Crippen molar-refractivity contribution in [1.82, 2.24) is 4.90 Å². The van der Waals surface area contributed by atoms with Crippen molar-refractivity contribution in [2.45, 2.75) is 32.7 Å². The van der Waals surface area contributed by atoms with Crippen LogP contribution in [0.25, 0.3) is 0 Å². The Morgan fingerprint density at radius 3 is 2.23 bits per heavy atom. The summed E-state index contributed by atoms with van der Waals surface area (Å²) in [6.45, 7) is 5.53. The van der Waals surface area contributed by atoms with Gasteiger partial charge >= 0.3 is 0 Å². The lowest BCUT2D eigenvalue weighted by molar-refractivity contribution is 0.264. The van der Waals surface area contributed by atoms with Gasteiger partial charge in [0.05, 0.1) is 7.11 Å². The topological polar surface area (TPSA) is 12.5 Å². The highest BCUT2D eigenvalue weighted by molar-refractivity contribution is 5.27. The third-order valence-electron chi connectivity index (χ3n) is 3.95. The summed E-state index contributed by atoms with van der Waals surface area (Å²) in [6.07, 6.45) is 3.61. The standard InChI is InChI=1S/C20H27NO/c1-3-4-15-21(16-14-18-8-6-5-7-9-18)17-19-10-12-20(22-2)13-11-19/h5-13H,3-4,14-17H2,1-2H3. The molecular formula is C20H27NO. The summed E-state index contributed by atoms with van der Waals surface area (Å²) in [5.41, 5.74) is 2.77. The average molecular weight is 297 g/mol. The Balaban J connectivity index is 1.92. The predicted octanol–water partition coefficient (Wildman–Crippen LogP) is 4.54. The van der Waals surface area contributed by atoms with E-state index in [0.29, 0.717) is 0 Å². The molecular weight excluding hydrogens is 270 g/mol. The van der Waals surface area contributed by atoms with E-state index < -0.39 is 0 Å². The Bertz CT molecular complexity index is 521. The van der Waals surface area contributed by atoms with Gasteiger partial charge in [-0.3, -0.25) is 4.90 Å². The van der Waals surface area contributed by atoms with Crippen molar-refractivity contribution in [2.75, 3.05) is 20.2 Å². The second-order valence-electron chi connectivity index (χ2n) is 5.71. The summed E-state index contributed by atoms with van der Waals surface area (Å²) in [4.78, 5) is 2.55. The molecule has 2 aromatic carbocycles. The molecule has 118 valence electrons. The number of methoxy groups -OCH3 is 1. The van der Waals surface area contributed by atoms with Gasteiger partial charge in [-0.05, 0) is 42.6 Å². The lowest BCUT2D eigenvalue weighted by atomic mass is 10.1. The normalized spacial score (nSPS) is 10.9. The first-order valence-electron chi connectivity index (χ1n) is 8.21. The van der Waals surface area contributed by atoms with Crippen molar-refractivity contribution in [3.05, 3.63) is 65.7 Å². The molecule has 2 rings (SSSR count). The molecule has 0 unspecified atom stereocenters. The predicted molar refractivity (Wildman–Crippen MR) is 93.3 cm³/mol. The molecule has 0 aliphatic heterocycles. The Labute approximate surface area is 134 Å². The first kappa shape index (κ1) is 16.6. The van der Waals surface area contributed by atoms with E-state index in [2.05, 4.69) is 54.3 Å². The maximum Gasteiger partial charge on any atom is 0.118 e. The van der Waals surface area contributed by atoms with Crippen LogP contribution in [0.3, 0.4) is 0 Å². The smallest absolute Gasteiger partial charge is 0.118 e. The SMILES string of the molecule is CCCCN(CCc1ccccc1)Cc1ccc(OC)cc1. The fourth-order valence-electron chi connectivity index (χ4n) is 2.57. The number of hydrogen-bond donors (Lipinski definition) is 0. The van der Waals surface area contributed by atoms with Gasteiger partial charge in [0, 0.05) is 13.1 Å². The molecule has 2 nitrogen and oxygen atoms in total. The van der Waals surface area contributed by atoms with Crippen molar-refractivity contribution in [1.29, 1.82) is 0 Å². The minimum absolute atomic E-state index is 0.924. The third kappa shape index (κ3) is 5.53. The number of unbranched alkanes of at least 4 members (excludes halogenated alkanes) is 1. The zero-order chi connectivity index (χ0) is 15.6. The number of ether oxygens (including phenoxy) is 1. The van der Waals surface area contributed by atoms with Gasteiger partial charge in [-0.2, -0.15) is 0 Å². The molecule has 0 atom stereocenters. The van der Waals surface area contributed by atoms with Crippen LogP contribution in [0.2, 0.25) is 0 Å². The van der Waals surface area contributed by atoms with Gasteiger partial charge in [-0.1, -0.05) is 55.8 Å². The largest absolute Gasteiger partial charge is 0.497 e. The summed E-state index contributed by atoms with van der Waals surface area (Å²) in [5.74, 6) is 0.924. The van der Waals surface area contributed by atoms with E-state index >= 15 is 0 Å². The molecule has 0 saturated carbocycles. The summed E-state index contributed by atoms with van der Waals surface area (Å²) in [7, 11) is 1.71. The van der Waals surface area contributed by atoms with Crippen LogP contribution in [0.5, 0.6) is 5.75 Å². The second kappa shape index (κ2) is 9.26. The molecule has 0 amide bonds. The van der Waals surface area contributed by atoms with Gasteiger partial charge in [0.2, 0.25) is 0 Å². The Morgan fingerprint density at radius 2 is 1.59 bits per heavy atom. The summed E-state index contributed by atoms with van der Waals surface area (Å²) in [5, 5.41) is 0. The molecule has 0 bridgehead atoms. The van der Waals surface area contributed by atoms with Crippen LogP contribution >= 0.6 is 0 Å². The van der Waals surface area contributed by atoms with Gasteiger partial charge < -0.3 is 4.74 Å². The lowest BCUT2D eigenvalue weighted by Gasteiger charge is -2.22. The van der Waals surface area contributed by atoms with Crippen molar-refractivity contribution in [3.63, 3.8) is 0 Å². The number of benzene rings is 2. The minimum atomic E-state index is 0.924. The van der Waals surface area contributed by atoms with E-state index in [1.165, 1.54) is 24.0 Å². The molecule has 0 aliphatic carbocycles. The lowest BCUT2D eigenvalue weighted by Crippen LogP contribution is -2.26. The van der Waals surface area contributed by atoms with Gasteiger partial charge in [-0.15, -0.1) is 0 Å². The quantitative estimate of drug-likeness (QED) is 0.674.